The summed E-state index contributed by atoms with van der Waals surface area (Å²) >= 11 is 1.99. The van der Waals surface area contributed by atoms with Gasteiger partial charge in [-0.3, -0.25) is 9.79 Å². The Bertz CT molecular complexity index is 461. The first kappa shape index (κ1) is 19.1. The van der Waals surface area contributed by atoms with Crippen LogP contribution in [0.15, 0.2) is 27.8 Å². The normalized spacial score (nSPS) is 17.7. The number of halogens is 1. The lowest BCUT2D eigenvalue weighted by atomic mass is 10.2. The van der Waals surface area contributed by atoms with Gasteiger partial charge in [-0.15, -0.1) is 24.0 Å². The summed E-state index contributed by atoms with van der Waals surface area (Å²) < 4.78 is 5.15. The van der Waals surface area contributed by atoms with Crippen molar-refractivity contribution in [1.82, 2.24) is 16.0 Å². The zero-order chi connectivity index (χ0) is 14.9. The lowest BCUT2D eigenvalue weighted by Gasteiger charge is -2.14. The highest BCUT2D eigenvalue weighted by atomic mass is 127. The van der Waals surface area contributed by atoms with Crippen LogP contribution in [-0.4, -0.2) is 43.0 Å². The van der Waals surface area contributed by atoms with Crippen molar-refractivity contribution in [3.8, 4) is 0 Å². The highest BCUT2D eigenvalue weighted by molar-refractivity contribution is 14.0. The van der Waals surface area contributed by atoms with Crippen LogP contribution in [0.3, 0.4) is 0 Å². The van der Waals surface area contributed by atoms with Crippen molar-refractivity contribution in [2.75, 3.05) is 25.9 Å². The zero-order valence-corrected chi connectivity index (χ0v) is 15.8. The predicted octanol–water partition coefficient (Wildman–Crippen LogP) is 1.57. The summed E-state index contributed by atoms with van der Waals surface area (Å²) in [7, 11) is 1.71. The molecule has 8 heteroatoms. The van der Waals surface area contributed by atoms with Gasteiger partial charge in [0.1, 0.15) is 5.76 Å². The van der Waals surface area contributed by atoms with Crippen molar-refractivity contribution in [2.45, 2.75) is 24.6 Å². The van der Waals surface area contributed by atoms with Crippen molar-refractivity contribution in [2.24, 2.45) is 4.99 Å². The monoisotopic (exact) mass is 438 g/mol. The third kappa shape index (κ3) is 6.91. The summed E-state index contributed by atoms with van der Waals surface area (Å²) in [5, 5.41) is 9.70. The van der Waals surface area contributed by atoms with Gasteiger partial charge in [-0.25, -0.2) is 0 Å². The number of hydrogen-bond donors (Lipinski definition) is 3. The van der Waals surface area contributed by atoms with Crippen LogP contribution in [0, 0.1) is 0 Å². The SMILES string of the molecule is CN=C(NCC(=O)NCc1ccco1)NCC1CCCS1.I. The van der Waals surface area contributed by atoms with E-state index in [0.717, 1.165) is 12.3 Å². The number of hydrogen-bond acceptors (Lipinski definition) is 4. The van der Waals surface area contributed by atoms with Crippen LogP contribution in [0.5, 0.6) is 0 Å². The fourth-order valence-corrected chi connectivity index (χ4v) is 3.26. The highest BCUT2D eigenvalue weighted by Gasteiger charge is 2.15. The van der Waals surface area contributed by atoms with Crippen molar-refractivity contribution in [3.05, 3.63) is 24.2 Å². The van der Waals surface area contributed by atoms with Crippen LogP contribution in [0.25, 0.3) is 0 Å². The van der Waals surface area contributed by atoms with Gasteiger partial charge in [0.2, 0.25) is 5.91 Å². The van der Waals surface area contributed by atoms with Crippen LogP contribution in [0.1, 0.15) is 18.6 Å². The summed E-state index contributed by atoms with van der Waals surface area (Å²) in [6.45, 7) is 1.48. The minimum atomic E-state index is -0.0930. The Labute approximate surface area is 152 Å². The molecule has 1 aromatic heterocycles. The van der Waals surface area contributed by atoms with Crippen LogP contribution in [0.2, 0.25) is 0 Å². The molecule has 3 N–H and O–H groups in total. The maximum Gasteiger partial charge on any atom is 0.239 e. The largest absolute Gasteiger partial charge is 0.467 e. The summed E-state index contributed by atoms with van der Waals surface area (Å²) in [6.07, 6.45) is 4.13. The number of furan rings is 1. The van der Waals surface area contributed by atoms with Crippen molar-refractivity contribution >= 4 is 47.6 Å². The first-order chi connectivity index (χ1) is 10.3. The maximum atomic E-state index is 11.7. The van der Waals surface area contributed by atoms with Crippen molar-refractivity contribution < 1.29 is 9.21 Å². The average molecular weight is 438 g/mol. The zero-order valence-electron chi connectivity index (χ0n) is 12.6. The van der Waals surface area contributed by atoms with E-state index in [2.05, 4.69) is 20.9 Å². The Hall–Kier alpha value is -0.900. The Kier molecular flexibility index (Phi) is 9.37. The molecular weight excluding hydrogens is 415 g/mol. The molecule has 1 aromatic rings. The number of rotatable bonds is 6. The number of thioether (sulfide) groups is 1. The quantitative estimate of drug-likeness (QED) is 0.357. The maximum absolute atomic E-state index is 11.7. The molecule has 2 rings (SSSR count). The standard InChI is InChI=1S/C14H22N4O2S.HI/c1-15-14(17-9-12-5-3-7-21-12)18-10-13(19)16-8-11-4-2-6-20-11;/h2,4,6,12H,3,5,7-10H2,1H3,(H,16,19)(H2,15,17,18);1H. The average Bonchev–Trinajstić information content (AvgIpc) is 3.18. The van der Waals surface area contributed by atoms with Gasteiger partial charge in [0.05, 0.1) is 19.4 Å². The first-order valence-corrected chi connectivity index (χ1v) is 8.18. The molecule has 1 amide bonds. The van der Waals surface area contributed by atoms with Crippen LogP contribution in [-0.2, 0) is 11.3 Å². The lowest BCUT2D eigenvalue weighted by Crippen LogP contribution is -2.44. The molecule has 1 aliphatic rings. The Morgan fingerprint density at radius 2 is 2.32 bits per heavy atom. The number of nitrogens with zero attached hydrogens (tertiary/aromatic N) is 1. The van der Waals surface area contributed by atoms with Gasteiger partial charge < -0.3 is 20.4 Å². The summed E-state index contributed by atoms with van der Waals surface area (Å²) in [6, 6.07) is 3.63. The van der Waals surface area contributed by atoms with Gasteiger partial charge in [-0.05, 0) is 30.7 Å². The topological polar surface area (TPSA) is 78.7 Å². The van der Waals surface area contributed by atoms with Gasteiger partial charge >= 0.3 is 0 Å². The molecular formula is C14H23IN4O2S. The first-order valence-electron chi connectivity index (χ1n) is 7.13. The van der Waals surface area contributed by atoms with Crippen molar-refractivity contribution in [3.63, 3.8) is 0 Å². The second-order valence-electron chi connectivity index (χ2n) is 4.80. The minimum Gasteiger partial charge on any atom is -0.467 e. The van der Waals surface area contributed by atoms with E-state index in [-0.39, 0.29) is 36.4 Å². The third-order valence-corrected chi connectivity index (χ3v) is 4.60. The van der Waals surface area contributed by atoms with Crippen LogP contribution >= 0.6 is 35.7 Å². The van der Waals surface area contributed by atoms with Crippen LogP contribution in [0.4, 0.5) is 0 Å². The third-order valence-electron chi connectivity index (χ3n) is 3.20. The summed E-state index contributed by atoms with van der Waals surface area (Å²) in [5.41, 5.74) is 0. The molecule has 0 spiro atoms. The van der Waals surface area contributed by atoms with Gasteiger partial charge in [0.25, 0.3) is 0 Å². The van der Waals surface area contributed by atoms with Gasteiger partial charge in [-0.1, -0.05) is 0 Å². The number of nitrogens with one attached hydrogen (secondary N) is 3. The van der Waals surface area contributed by atoms with E-state index in [1.54, 1.807) is 19.4 Å². The van der Waals surface area contributed by atoms with E-state index >= 15 is 0 Å². The molecule has 0 aliphatic carbocycles. The van der Waals surface area contributed by atoms with Gasteiger partial charge in [0.15, 0.2) is 5.96 Å². The number of guanidine groups is 1. The molecule has 1 unspecified atom stereocenters. The second-order valence-corrected chi connectivity index (χ2v) is 6.21. The van der Waals surface area contributed by atoms with E-state index in [1.165, 1.54) is 18.6 Å². The molecule has 124 valence electrons. The van der Waals surface area contributed by atoms with E-state index in [9.17, 15) is 4.79 Å². The molecule has 1 fully saturated rings. The highest BCUT2D eigenvalue weighted by Crippen LogP contribution is 2.25. The van der Waals surface area contributed by atoms with E-state index in [1.807, 2.05) is 17.8 Å². The molecule has 6 nitrogen and oxygen atoms in total. The van der Waals surface area contributed by atoms with Crippen LogP contribution < -0.4 is 16.0 Å². The predicted molar refractivity (Wildman–Crippen MR) is 101 cm³/mol. The molecule has 0 aromatic carbocycles. The summed E-state index contributed by atoms with van der Waals surface area (Å²) in [5.74, 6) is 2.55. The Morgan fingerprint density at radius 3 is 2.95 bits per heavy atom. The van der Waals surface area contributed by atoms with E-state index in [4.69, 9.17) is 4.42 Å². The van der Waals surface area contributed by atoms with E-state index < -0.39 is 0 Å². The Morgan fingerprint density at radius 1 is 1.45 bits per heavy atom. The molecule has 0 saturated carbocycles. The Balaban J connectivity index is 0.00000242. The number of amides is 1. The van der Waals surface area contributed by atoms with Gasteiger partial charge in [-0.2, -0.15) is 11.8 Å². The summed E-state index contributed by atoms with van der Waals surface area (Å²) in [4.78, 5) is 15.8. The number of carbonyl (C=O) groups is 1. The second kappa shape index (κ2) is 10.8. The number of aliphatic imine (C=N–C) groups is 1. The molecule has 1 atom stereocenters. The molecule has 0 radical (unpaired) electrons. The molecule has 1 saturated heterocycles. The molecule has 2 heterocycles. The fraction of sp³-hybridized carbons (Fsp3) is 0.571. The molecule has 22 heavy (non-hydrogen) atoms. The number of carbonyl (C=O) groups excluding carboxylic acids is 1. The molecule has 0 bridgehead atoms. The molecule has 1 aliphatic heterocycles. The van der Waals surface area contributed by atoms with Crippen molar-refractivity contribution in [1.29, 1.82) is 0 Å². The lowest BCUT2D eigenvalue weighted by molar-refractivity contribution is -0.120. The van der Waals surface area contributed by atoms with E-state index in [0.29, 0.717) is 17.8 Å². The fourth-order valence-electron chi connectivity index (χ4n) is 2.06. The smallest absolute Gasteiger partial charge is 0.239 e. The van der Waals surface area contributed by atoms with Gasteiger partial charge in [0, 0.05) is 18.8 Å². The minimum absolute atomic E-state index is 0.